The summed E-state index contributed by atoms with van der Waals surface area (Å²) < 4.78 is 30.3. The summed E-state index contributed by atoms with van der Waals surface area (Å²) in [7, 11) is -2.25. The zero-order chi connectivity index (χ0) is 23.8. The first-order chi connectivity index (χ1) is 15.7. The molecule has 0 radical (unpaired) electrons. The number of amides is 1. The summed E-state index contributed by atoms with van der Waals surface area (Å²) >= 11 is 0. The number of aryl methyl sites for hydroxylation is 1. The van der Waals surface area contributed by atoms with Gasteiger partial charge in [0.2, 0.25) is 15.9 Å². The fraction of sp³-hybridized carbons (Fsp3) is 0.609. The lowest BCUT2D eigenvalue weighted by Gasteiger charge is -2.32. The van der Waals surface area contributed by atoms with Crippen LogP contribution in [-0.4, -0.2) is 58.3 Å². The molecule has 33 heavy (non-hydrogen) atoms. The largest absolute Gasteiger partial charge is 0.341 e. The van der Waals surface area contributed by atoms with Crippen LogP contribution in [0.3, 0.4) is 0 Å². The molecule has 3 heterocycles. The van der Waals surface area contributed by atoms with Crippen LogP contribution in [0.4, 0.5) is 0 Å². The molecular weight excluding hydrogens is 444 g/mol. The molecule has 0 saturated carbocycles. The highest BCUT2D eigenvalue weighted by molar-refractivity contribution is 7.89. The Balaban J connectivity index is 1.75. The van der Waals surface area contributed by atoms with Crippen LogP contribution in [-0.2, 0) is 28.4 Å². The van der Waals surface area contributed by atoms with Gasteiger partial charge in [-0.1, -0.05) is 19.3 Å². The lowest BCUT2D eigenvalue weighted by atomic mass is 10.1. The highest BCUT2D eigenvalue weighted by Crippen LogP contribution is 2.26. The van der Waals surface area contributed by atoms with E-state index in [0.717, 1.165) is 49.5 Å². The van der Waals surface area contributed by atoms with Crippen molar-refractivity contribution in [1.82, 2.24) is 18.3 Å². The molecule has 0 spiro atoms. The van der Waals surface area contributed by atoms with Crippen LogP contribution in [0.2, 0.25) is 0 Å². The van der Waals surface area contributed by atoms with Gasteiger partial charge in [0, 0.05) is 32.7 Å². The van der Waals surface area contributed by atoms with Crippen molar-refractivity contribution in [2.75, 3.05) is 19.6 Å². The van der Waals surface area contributed by atoms with Crippen LogP contribution in [0.1, 0.15) is 51.9 Å². The van der Waals surface area contributed by atoms with E-state index < -0.39 is 21.3 Å². The minimum absolute atomic E-state index is 0.0323. The van der Waals surface area contributed by atoms with E-state index >= 15 is 0 Å². The number of piperidine rings is 1. The highest BCUT2D eigenvalue weighted by atomic mass is 32.2. The van der Waals surface area contributed by atoms with E-state index in [4.69, 9.17) is 0 Å². The Morgan fingerprint density at radius 1 is 1.00 bits per heavy atom. The lowest BCUT2D eigenvalue weighted by molar-refractivity contribution is -0.131. The number of carbonyl (C=O) groups is 1. The van der Waals surface area contributed by atoms with Crippen molar-refractivity contribution < 1.29 is 13.2 Å². The summed E-state index contributed by atoms with van der Waals surface area (Å²) in [6.07, 6.45) is 6.54. The number of fused-ring (bicyclic) bond motifs is 1. The number of benzene rings is 1. The monoisotopic (exact) mass is 476 g/mol. The van der Waals surface area contributed by atoms with Crippen LogP contribution >= 0.6 is 0 Å². The van der Waals surface area contributed by atoms with Crippen LogP contribution in [0.15, 0.2) is 32.7 Å². The van der Waals surface area contributed by atoms with E-state index in [9.17, 15) is 22.8 Å². The summed E-state index contributed by atoms with van der Waals surface area (Å²) in [5.41, 5.74) is -0.884. The van der Waals surface area contributed by atoms with Crippen LogP contribution < -0.4 is 11.2 Å². The first-order valence-electron chi connectivity index (χ1n) is 11.7. The molecule has 10 heteroatoms. The molecule has 2 aliphatic rings. The van der Waals surface area contributed by atoms with Gasteiger partial charge in [-0.3, -0.25) is 18.7 Å². The summed E-state index contributed by atoms with van der Waals surface area (Å²) in [6.45, 7) is 3.24. The molecule has 1 aromatic carbocycles. The molecule has 2 fully saturated rings. The zero-order valence-corrected chi connectivity index (χ0v) is 20.1. The molecule has 0 N–H and O–H groups in total. The number of hydrogen-bond acceptors (Lipinski definition) is 5. The molecule has 0 bridgehead atoms. The maximum atomic E-state index is 13.3. The van der Waals surface area contributed by atoms with Gasteiger partial charge in [0.25, 0.3) is 5.56 Å². The van der Waals surface area contributed by atoms with Gasteiger partial charge in [-0.05, 0) is 50.8 Å². The Labute approximate surface area is 193 Å². The number of nitrogens with zero attached hydrogens (tertiary/aromatic N) is 4. The van der Waals surface area contributed by atoms with Crippen LogP contribution in [0.25, 0.3) is 10.9 Å². The first kappa shape index (κ1) is 23.7. The Morgan fingerprint density at radius 2 is 1.67 bits per heavy atom. The van der Waals surface area contributed by atoms with Crippen molar-refractivity contribution in [3.63, 3.8) is 0 Å². The van der Waals surface area contributed by atoms with Gasteiger partial charge in [0.05, 0.1) is 15.8 Å². The molecule has 9 nitrogen and oxygen atoms in total. The number of hydrogen-bond donors (Lipinski definition) is 0. The van der Waals surface area contributed by atoms with Crippen molar-refractivity contribution in [3.8, 4) is 0 Å². The van der Waals surface area contributed by atoms with E-state index in [1.165, 1.54) is 34.1 Å². The van der Waals surface area contributed by atoms with E-state index in [2.05, 4.69) is 0 Å². The second-order valence-electron chi connectivity index (χ2n) is 9.17. The third-order valence-electron chi connectivity index (χ3n) is 6.92. The Morgan fingerprint density at radius 3 is 2.33 bits per heavy atom. The number of carbonyl (C=O) groups excluding carboxylic acids is 1. The van der Waals surface area contributed by atoms with Crippen molar-refractivity contribution in [2.24, 2.45) is 7.05 Å². The van der Waals surface area contributed by atoms with Crippen LogP contribution in [0, 0.1) is 0 Å². The molecule has 2 saturated heterocycles. The number of sulfonamides is 1. The Kier molecular flexibility index (Phi) is 6.76. The second kappa shape index (κ2) is 9.42. The van der Waals surface area contributed by atoms with Crippen molar-refractivity contribution >= 4 is 26.8 Å². The van der Waals surface area contributed by atoms with Gasteiger partial charge in [-0.2, -0.15) is 4.31 Å². The van der Waals surface area contributed by atoms with Gasteiger partial charge < -0.3 is 4.90 Å². The van der Waals surface area contributed by atoms with E-state index in [-0.39, 0.29) is 28.8 Å². The lowest BCUT2D eigenvalue weighted by Crippen LogP contribution is -2.45. The highest BCUT2D eigenvalue weighted by Gasteiger charge is 2.31. The molecule has 1 amide bonds. The van der Waals surface area contributed by atoms with E-state index in [1.54, 1.807) is 4.90 Å². The molecule has 1 aromatic heterocycles. The predicted octanol–water partition coefficient (Wildman–Crippen LogP) is 1.67. The standard InChI is InChI=1S/C23H32N4O5S/c1-17-9-5-8-14-27(17)33(31,32)18-10-11-20-19(15-18)22(29)26(23(30)24(20)2)16-21(28)25-12-6-3-4-7-13-25/h10-11,15,17H,3-9,12-14,16H2,1-2H3. The van der Waals surface area contributed by atoms with E-state index in [0.29, 0.717) is 25.2 Å². The SMILES string of the molecule is CC1CCCCN1S(=O)(=O)c1ccc2c(c1)c(=O)n(CC(=O)N1CCCCCC1)c(=O)n2C. The minimum Gasteiger partial charge on any atom is -0.341 e. The number of rotatable bonds is 4. The summed E-state index contributed by atoms with van der Waals surface area (Å²) in [5.74, 6) is -0.263. The van der Waals surface area contributed by atoms with Gasteiger partial charge in [-0.25, -0.2) is 13.2 Å². The summed E-state index contributed by atoms with van der Waals surface area (Å²) in [4.78, 5) is 40.8. The maximum Gasteiger partial charge on any atom is 0.331 e. The quantitative estimate of drug-likeness (QED) is 0.668. The minimum atomic E-state index is -3.78. The second-order valence-corrected chi connectivity index (χ2v) is 11.1. The predicted molar refractivity (Wildman–Crippen MR) is 126 cm³/mol. The molecule has 1 atom stereocenters. The normalized spacial score (nSPS) is 20.7. The third kappa shape index (κ3) is 4.50. The topological polar surface area (TPSA) is 102 Å². The first-order valence-corrected chi connectivity index (χ1v) is 13.2. The molecule has 0 aliphatic carbocycles. The molecule has 2 aromatic rings. The third-order valence-corrected chi connectivity index (χ3v) is 8.93. The molecular formula is C23H32N4O5S. The van der Waals surface area contributed by atoms with Gasteiger partial charge in [0.15, 0.2) is 0 Å². The van der Waals surface area contributed by atoms with Crippen molar-refractivity contribution in [3.05, 3.63) is 39.0 Å². The fourth-order valence-corrected chi connectivity index (χ4v) is 6.64. The number of likely N-dealkylation sites (tertiary alicyclic amines) is 1. The van der Waals surface area contributed by atoms with Gasteiger partial charge >= 0.3 is 5.69 Å². The smallest absolute Gasteiger partial charge is 0.331 e. The Hall–Kier alpha value is -2.46. The molecule has 180 valence electrons. The van der Waals surface area contributed by atoms with Crippen LogP contribution in [0.5, 0.6) is 0 Å². The molecule has 1 unspecified atom stereocenters. The number of aromatic nitrogens is 2. The molecule has 4 rings (SSSR count). The van der Waals surface area contributed by atoms with Gasteiger partial charge in [0.1, 0.15) is 6.54 Å². The van der Waals surface area contributed by atoms with Crippen molar-refractivity contribution in [2.45, 2.75) is 69.4 Å². The maximum absolute atomic E-state index is 13.3. The fourth-order valence-electron chi connectivity index (χ4n) is 4.91. The average Bonchev–Trinajstić information content (AvgIpc) is 3.10. The Bertz CT molecular complexity index is 1270. The summed E-state index contributed by atoms with van der Waals surface area (Å²) in [6, 6.07) is 4.19. The molecule has 2 aliphatic heterocycles. The van der Waals surface area contributed by atoms with Crippen molar-refractivity contribution in [1.29, 1.82) is 0 Å². The zero-order valence-electron chi connectivity index (χ0n) is 19.3. The average molecular weight is 477 g/mol. The van der Waals surface area contributed by atoms with Gasteiger partial charge in [-0.15, -0.1) is 0 Å². The summed E-state index contributed by atoms with van der Waals surface area (Å²) in [5, 5.41) is 0.117. The van der Waals surface area contributed by atoms with E-state index in [1.807, 2.05) is 6.92 Å².